The molecule has 3 aromatic rings. The van der Waals surface area contributed by atoms with Gasteiger partial charge in [-0.3, -0.25) is 9.10 Å². The monoisotopic (exact) mass is 439 g/mol. The molecule has 31 heavy (non-hydrogen) atoms. The highest BCUT2D eigenvalue weighted by atomic mass is 32.2. The van der Waals surface area contributed by atoms with E-state index in [2.05, 4.69) is 10.5 Å². The molecule has 0 aromatic heterocycles. The molecule has 0 spiro atoms. The number of carbonyl (C=O) groups excluding carboxylic acids is 1. The smallest absolute Gasteiger partial charge is 0.264 e. The Kier molecular flexibility index (Phi) is 6.81. The second-order valence-electron chi connectivity index (χ2n) is 6.97. The maximum Gasteiger partial charge on any atom is 0.264 e. The number of amides is 1. The third kappa shape index (κ3) is 5.55. The lowest BCUT2D eigenvalue weighted by Gasteiger charge is -2.24. The molecule has 6 nitrogen and oxygen atoms in total. The van der Waals surface area contributed by atoms with Crippen LogP contribution in [0.5, 0.6) is 0 Å². The summed E-state index contributed by atoms with van der Waals surface area (Å²) in [6.07, 6.45) is 1.16. The lowest BCUT2D eigenvalue weighted by atomic mass is 10.2. The number of halogens is 1. The standard InChI is InChI=1S/C23H22FN3O3S/c1-17-7-11-20(12-8-17)27(31(29,30)21-13-9-18(2)10-14-21)16-23(28)26-25-15-19-5-3-4-6-22(19)24/h3-15H,16H2,1-2H3,(H,26,28)/b25-15+. The van der Waals surface area contributed by atoms with Crippen molar-refractivity contribution in [1.29, 1.82) is 0 Å². The first-order chi connectivity index (χ1) is 14.8. The van der Waals surface area contributed by atoms with Crippen molar-refractivity contribution in [3.8, 4) is 0 Å². The van der Waals surface area contributed by atoms with E-state index in [-0.39, 0.29) is 10.5 Å². The van der Waals surface area contributed by atoms with Crippen LogP contribution in [0.15, 0.2) is 82.8 Å². The second-order valence-corrected chi connectivity index (χ2v) is 8.84. The molecule has 1 N–H and O–H groups in total. The lowest BCUT2D eigenvalue weighted by molar-refractivity contribution is -0.119. The van der Waals surface area contributed by atoms with Crippen LogP contribution in [0.25, 0.3) is 0 Å². The molecule has 3 rings (SSSR count). The van der Waals surface area contributed by atoms with Gasteiger partial charge in [0.15, 0.2) is 0 Å². The maximum absolute atomic E-state index is 13.7. The average Bonchev–Trinajstić information content (AvgIpc) is 2.74. The van der Waals surface area contributed by atoms with Gasteiger partial charge in [-0.15, -0.1) is 0 Å². The van der Waals surface area contributed by atoms with E-state index < -0.39 is 28.3 Å². The SMILES string of the molecule is Cc1ccc(N(CC(=O)N/N=C/c2ccccc2F)S(=O)(=O)c2ccc(C)cc2)cc1. The summed E-state index contributed by atoms with van der Waals surface area (Å²) in [4.78, 5) is 12.5. The fraction of sp³-hybridized carbons (Fsp3) is 0.130. The minimum atomic E-state index is -4.00. The highest BCUT2D eigenvalue weighted by Crippen LogP contribution is 2.24. The van der Waals surface area contributed by atoms with Crippen molar-refractivity contribution in [2.24, 2.45) is 5.10 Å². The van der Waals surface area contributed by atoms with E-state index in [1.165, 1.54) is 24.3 Å². The van der Waals surface area contributed by atoms with E-state index in [1.807, 2.05) is 13.8 Å². The van der Waals surface area contributed by atoms with E-state index in [0.29, 0.717) is 5.69 Å². The largest absolute Gasteiger partial charge is 0.271 e. The van der Waals surface area contributed by atoms with Crippen molar-refractivity contribution >= 4 is 27.8 Å². The van der Waals surface area contributed by atoms with Crippen molar-refractivity contribution < 1.29 is 17.6 Å². The number of hydrogen-bond donors (Lipinski definition) is 1. The topological polar surface area (TPSA) is 78.8 Å². The van der Waals surface area contributed by atoms with Gasteiger partial charge >= 0.3 is 0 Å². The normalized spacial score (nSPS) is 11.5. The first-order valence-corrected chi connectivity index (χ1v) is 10.9. The maximum atomic E-state index is 13.7. The number of nitrogens with zero attached hydrogens (tertiary/aromatic N) is 2. The van der Waals surface area contributed by atoms with Crippen molar-refractivity contribution in [1.82, 2.24) is 5.43 Å². The van der Waals surface area contributed by atoms with Crippen molar-refractivity contribution in [2.75, 3.05) is 10.8 Å². The van der Waals surface area contributed by atoms with Gasteiger partial charge in [-0.1, -0.05) is 53.6 Å². The molecule has 0 unspecified atom stereocenters. The Balaban J connectivity index is 1.84. The second kappa shape index (κ2) is 9.53. The molecule has 0 radical (unpaired) electrons. The van der Waals surface area contributed by atoms with E-state index in [1.54, 1.807) is 48.5 Å². The van der Waals surface area contributed by atoms with Gasteiger partial charge in [0.2, 0.25) is 0 Å². The molecule has 0 heterocycles. The predicted octanol–water partition coefficient (Wildman–Crippen LogP) is 3.79. The van der Waals surface area contributed by atoms with E-state index in [9.17, 15) is 17.6 Å². The predicted molar refractivity (Wildman–Crippen MR) is 119 cm³/mol. The van der Waals surface area contributed by atoms with Crippen LogP contribution in [0.3, 0.4) is 0 Å². The van der Waals surface area contributed by atoms with Crippen LogP contribution in [0.1, 0.15) is 16.7 Å². The number of anilines is 1. The van der Waals surface area contributed by atoms with E-state index in [4.69, 9.17) is 0 Å². The third-order valence-electron chi connectivity index (χ3n) is 4.52. The zero-order valence-electron chi connectivity index (χ0n) is 17.1. The summed E-state index contributed by atoms with van der Waals surface area (Å²) in [7, 11) is -4.00. The Morgan fingerprint density at radius 3 is 2.16 bits per heavy atom. The van der Waals surface area contributed by atoms with Gasteiger partial charge in [0.1, 0.15) is 12.4 Å². The first kappa shape index (κ1) is 22.2. The van der Waals surface area contributed by atoms with Gasteiger partial charge < -0.3 is 0 Å². The van der Waals surface area contributed by atoms with Gasteiger partial charge in [-0.25, -0.2) is 18.2 Å². The summed E-state index contributed by atoms with van der Waals surface area (Å²) >= 11 is 0. The quantitative estimate of drug-likeness (QED) is 0.449. The van der Waals surface area contributed by atoms with Gasteiger partial charge in [-0.2, -0.15) is 5.10 Å². The number of hydrogen-bond acceptors (Lipinski definition) is 4. The Hall–Kier alpha value is -3.52. The molecule has 1 amide bonds. The lowest BCUT2D eigenvalue weighted by Crippen LogP contribution is -2.39. The summed E-state index contributed by atoms with van der Waals surface area (Å²) in [6, 6.07) is 19.1. The van der Waals surface area contributed by atoms with Crippen molar-refractivity contribution in [3.63, 3.8) is 0 Å². The summed E-state index contributed by atoms with van der Waals surface area (Å²) in [5, 5.41) is 3.74. The van der Waals surface area contributed by atoms with Crippen LogP contribution in [-0.2, 0) is 14.8 Å². The molecule has 0 saturated carbocycles. The Morgan fingerprint density at radius 1 is 0.968 bits per heavy atom. The molecule has 0 aliphatic heterocycles. The van der Waals surface area contributed by atoms with Crippen molar-refractivity contribution in [2.45, 2.75) is 18.7 Å². The Bertz CT molecular complexity index is 1190. The number of aryl methyl sites for hydroxylation is 2. The van der Waals surface area contributed by atoms with Crippen LogP contribution in [0, 0.1) is 19.7 Å². The molecule has 0 aliphatic rings. The summed E-state index contributed by atoms with van der Waals surface area (Å²) in [6.45, 7) is 3.25. The number of sulfonamides is 1. The van der Waals surface area contributed by atoms with Crippen LogP contribution >= 0.6 is 0 Å². The van der Waals surface area contributed by atoms with Gasteiger partial charge in [0.25, 0.3) is 15.9 Å². The average molecular weight is 440 g/mol. The Labute approximate surface area is 181 Å². The van der Waals surface area contributed by atoms with Crippen molar-refractivity contribution in [3.05, 3.63) is 95.3 Å². The van der Waals surface area contributed by atoms with E-state index in [0.717, 1.165) is 21.6 Å². The fourth-order valence-electron chi connectivity index (χ4n) is 2.78. The van der Waals surface area contributed by atoms with Crippen LogP contribution in [0.4, 0.5) is 10.1 Å². The molecule has 0 saturated heterocycles. The summed E-state index contributed by atoms with van der Waals surface area (Å²) < 4.78 is 41.2. The molecule has 0 fully saturated rings. The molecule has 0 aliphatic carbocycles. The third-order valence-corrected chi connectivity index (χ3v) is 6.30. The highest BCUT2D eigenvalue weighted by molar-refractivity contribution is 7.92. The van der Waals surface area contributed by atoms with Crippen LogP contribution < -0.4 is 9.73 Å². The molecule has 0 bridgehead atoms. The summed E-state index contributed by atoms with van der Waals surface area (Å²) in [5.74, 6) is -1.15. The van der Waals surface area contributed by atoms with Crippen LogP contribution in [-0.4, -0.2) is 27.1 Å². The zero-order chi connectivity index (χ0) is 22.4. The number of carbonyl (C=O) groups is 1. The van der Waals surface area contributed by atoms with E-state index >= 15 is 0 Å². The molecule has 8 heteroatoms. The molecular weight excluding hydrogens is 417 g/mol. The summed E-state index contributed by atoms with van der Waals surface area (Å²) in [5.41, 5.74) is 4.68. The van der Waals surface area contributed by atoms with Gasteiger partial charge in [-0.05, 0) is 44.2 Å². The number of nitrogens with one attached hydrogen (secondary N) is 1. The minimum Gasteiger partial charge on any atom is -0.271 e. The molecule has 0 atom stereocenters. The number of benzene rings is 3. The van der Waals surface area contributed by atoms with Crippen LogP contribution in [0.2, 0.25) is 0 Å². The fourth-order valence-corrected chi connectivity index (χ4v) is 4.20. The van der Waals surface area contributed by atoms with Gasteiger partial charge in [0.05, 0.1) is 16.8 Å². The number of rotatable bonds is 7. The highest BCUT2D eigenvalue weighted by Gasteiger charge is 2.27. The Morgan fingerprint density at radius 2 is 1.55 bits per heavy atom. The first-order valence-electron chi connectivity index (χ1n) is 9.50. The number of hydrazone groups is 1. The van der Waals surface area contributed by atoms with Gasteiger partial charge in [0, 0.05) is 5.56 Å². The zero-order valence-corrected chi connectivity index (χ0v) is 17.9. The molecule has 3 aromatic carbocycles. The molecular formula is C23H22FN3O3S. The molecule has 160 valence electrons. The minimum absolute atomic E-state index is 0.0707.